The molecule has 4 nitrogen and oxygen atoms in total. The molecule has 1 aromatic carbocycles. The summed E-state index contributed by atoms with van der Waals surface area (Å²) >= 11 is 1.70. The predicted molar refractivity (Wildman–Crippen MR) is 100 cm³/mol. The van der Waals surface area contributed by atoms with E-state index in [0.29, 0.717) is 0 Å². The summed E-state index contributed by atoms with van der Waals surface area (Å²) in [5, 5.41) is 4.55. The van der Waals surface area contributed by atoms with Gasteiger partial charge in [0.15, 0.2) is 0 Å². The van der Waals surface area contributed by atoms with Gasteiger partial charge in [-0.15, -0.1) is 11.3 Å². The van der Waals surface area contributed by atoms with E-state index in [2.05, 4.69) is 72.1 Å². The molecule has 0 spiro atoms. The number of nitrogens with one attached hydrogen (secondary N) is 1. The minimum Gasteiger partial charge on any atom is -0.372 e. The van der Waals surface area contributed by atoms with Crippen LogP contribution in [0.1, 0.15) is 24.3 Å². The maximum Gasteiger partial charge on any atom is 0.142 e. The van der Waals surface area contributed by atoms with E-state index in [9.17, 15) is 0 Å². The maximum atomic E-state index is 4.42. The van der Waals surface area contributed by atoms with E-state index >= 15 is 0 Å². The SMILES string of the molecule is CCN(CC)c1ccc(Nc2ncnc3sc(C)cc23)c(C)c1. The number of benzene rings is 1. The Bertz CT molecular complexity index is 821. The molecular formula is C18H22N4S. The number of aryl methyl sites for hydroxylation is 2. The molecule has 0 saturated heterocycles. The van der Waals surface area contributed by atoms with Crippen molar-refractivity contribution >= 4 is 38.7 Å². The Balaban J connectivity index is 1.93. The van der Waals surface area contributed by atoms with Crippen LogP contribution in [0.2, 0.25) is 0 Å². The van der Waals surface area contributed by atoms with Gasteiger partial charge in [0.2, 0.25) is 0 Å². The van der Waals surface area contributed by atoms with Crippen molar-refractivity contribution in [2.45, 2.75) is 27.7 Å². The third-order valence-corrected chi connectivity index (χ3v) is 5.00. The van der Waals surface area contributed by atoms with E-state index in [1.807, 2.05) is 0 Å². The third-order valence-electron chi connectivity index (χ3n) is 4.04. The second-order valence-electron chi connectivity index (χ2n) is 5.59. The lowest BCUT2D eigenvalue weighted by Crippen LogP contribution is -2.21. The van der Waals surface area contributed by atoms with Crippen LogP contribution in [0.15, 0.2) is 30.6 Å². The van der Waals surface area contributed by atoms with Crippen LogP contribution in [0.5, 0.6) is 0 Å². The molecule has 0 radical (unpaired) electrons. The summed E-state index contributed by atoms with van der Waals surface area (Å²) in [6.45, 7) is 10.6. The van der Waals surface area contributed by atoms with Gasteiger partial charge in [0.25, 0.3) is 0 Å². The van der Waals surface area contributed by atoms with Crippen LogP contribution < -0.4 is 10.2 Å². The van der Waals surface area contributed by atoms with E-state index in [4.69, 9.17) is 0 Å². The molecule has 2 aromatic heterocycles. The van der Waals surface area contributed by atoms with Crippen LogP contribution in [0.3, 0.4) is 0 Å². The quantitative estimate of drug-likeness (QED) is 0.724. The molecule has 120 valence electrons. The minimum atomic E-state index is 0.873. The Morgan fingerprint density at radius 3 is 2.57 bits per heavy atom. The van der Waals surface area contributed by atoms with Crippen molar-refractivity contribution in [3.8, 4) is 0 Å². The lowest BCUT2D eigenvalue weighted by atomic mass is 10.1. The summed E-state index contributed by atoms with van der Waals surface area (Å²) in [4.78, 5) is 13.4. The lowest BCUT2D eigenvalue weighted by molar-refractivity contribution is 0.866. The van der Waals surface area contributed by atoms with Gasteiger partial charge in [0.1, 0.15) is 17.0 Å². The van der Waals surface area contributed by atoms with E-state index < -0.39 is 0 Å². The summed E-state index contributed by atoms with van der Waals surface area (Å²) in [6, 6.07) is 8.67. The fraction of sp³-hybridized carbons (Fsp3) is 0.333. The molecule has 1 N–H and O–H groups in total. The molecule has 23 heavy (non-hydrogen) atoms. The second kappa shape index (κ2) is 6.54. The summed E-state index contributed by atoms with van der Waals surface area (Å²) < 4.78 is 0. The average Bonchev–Trinajstić information content (AvgIpc) is 2.92. The predicted octanol–water partition coefficient (Wildman–Crippen LogP) is 4.90. The van der Waals surface area contributed by atoms with Gasteiger partial charge in [-0.3, -0.25) is 0 Å². The number of thiophene rings is 1. The first kappa shape index (κ1) is 15.7. The van der Waals surface area contributed by atoms with Crippen LogP contribution >= 0.6 is 11.3 Å². The molecule has 0 amide bonds. The number of rotatable bonds is 5. The van der Waals surface area contributed by atoms with Crippen molar-refractivity contribution < 1.29 is 0 Å². The zero-order chi connectivity index (χ0) is 16.4. The first-order chi connectivity index (χ1) is 11.1. The Kier molecular flexibility index (Phi) is 4.48. The van der Waals surface area contributed by atoms with Gasteiger partial charge in [-0.1, -0.05) is 0 Å². The van der Waals surface area contributed by atoms with Crippen molar-refractivity contribution in [1.29, 1.82) is 0 Å². The van der Waals surface area contributed by atoms with Crippen LogP contribution in [-0.2, 0) is 0 Å². The zero-order valence-corrected chi connectivity index (χ0v) is 14.9. The van der Waals surface area contributed by atoms with Gasteiger partial charge in [-0.05, 0) is 57.5 Å². The van der Waals surface area contributed by atoms with Gasteiger partial charge in [0.05, 0.1) is 5.39 Å². The Hall–Kier alpha value is -2.14. The molecule has 0 aliphatic carbocycles. The van der Waals surface area contributed by atoms with Gasteiger partial charge in [-0.25, -0.2) is 9.97 Å². The van der Waals surface area contributed by atoms with E-state index in [1.54, 1.807) is 17.7 Å². The van der Waals surface area contributed by atoms with E-state index in [1.165, 1.54) is 16.1 Å². The van der Waals surface area contributed by atoms with Gasteiger partial charge < -0.3 is 10.2 Å². The molecule has 0 fully saturated rings. The molecule has 0 aliphatic rings. The molecule has 0 saturated carbocycles. The number of nitrogens with zero attached hydrogens (tertiary/aromatic N) is 3. The first-order valence-electron chi connectivity index (χ1n) is 7.96. The normalized spacial score (nSPS) is 11.0. The summed E-state index contributed by atoms with van der Waals surface area (Å²) in [5.41, 5.74) is 3.56. The topological polar surface area (TPSA) is 41.0 Å². The number of aromatic nitrogens is 2. The molecule has 0 bridgehead atoms. The smallest absolute Gasteiger partial charge is 0.142 e. The molecule has 5 heteroatoms. The molecular weight excluding hydrogens is 304 g/mol. The van der Waals surface area contributed by atoms with Gasteiger partial charge in [0, 0.05) is 29.3 Å². The Labute approximate surface area is 141 Å². The average molecular weight is 326 g/mol. The number of hydrogen-bond acceptors (Lipinski definition) is 5. The first-order valence-corrected chi connectivity index (χ1v) is 8.77. The highest BCUT2D eigenvalue weighted by Gasteiger charge is 2.09. The molecule has 2 heterocycles. The highest BCUT2D eigenvalue weighted by atomic mass is 32.1. The van der Waals surface area contributed by atoms with E-state index in [0.717, 1.165) is 34.8 Å². The highest BCUT2D eigenvalue weighted by molar-refractivity contribution is 7.18. The molecule has 3 rings (SSSR count). The minimum absolute atomic E-state index is 0.873. The molecule has 0 atom stereocenters. The summed E-state index contributed by atoms with van der Waals surface area (Å²) in [5.74, 6) is 0.873. The maximum absolute atomic E-state index is 4.42. The molecule has 0 unspecified atom stereocenters. The van der Waals surface area contributed by atoms with Crippen LogP contribution in [0, 0.1) is 13.8 Å². The van der Waals surface area contributed by atoms with Crippen molar-refractivity contribution in [2.75, 3.05) is 23.3 Å². The monoisotopic (exact) mass is 326 g/mol. The van der Waals surface area contributed by atoms with Crippen molar-refractivity contribution in [2.24, 2.45) is 0 Å². The van der Waals surface area contributed by atoms with Crippen molar-refractivity contribution in [3.05, 3.63) is 41.0 Å². The number of fused-ring (bicyclic) bond motifs is 1. The Morgan fingerprint density at radius 1 is 1.09 bits per heavy atom. The van der Waals surface area contributed by atoms with Crippen LogP contribution in [0.25, 0.3) is 10.2 Å². The molecule has 0 aliphatic heterocycles. The van der Waals surface area contributed by atoms with Gasteiger partial charge in [-0.2, -0.15) is 0 Å². The number of hydrogen-bond donors (Lipinski definition) is 1. The summed E-state index contributed by atoms with van der Waals surface area (Å²) in [7, 11) is 0. The Morgan fingerprint density at radius 2 is 1.87 bits per heavy atom. The highest BCUT2D eigenvalue weighted by Crippen LogP contribution is 2.31. The largest absolute Gasteiger partial charge is 0.372 e. The number of anilines is 3. The lowest BCUT2D eigenvalue weighted by Gasteiger charge is -2.22. The van der Waals surface area contributed by atoms with Crippen LogP contribution in [-0.4, -0.2) is 23.1 Å². The third kappa shape index (κ3) is 3.15. The fourth-order valence-electron chi connectivity index (χ4n) is 2.78. The standard InChI is InChI=1S/C18H22N4S/c1-5-22(6-2)14-7-8-16(12(3)9-14)21-17-15-10-13(4)23-18(15)20-11-19-17/h7-11H,5-6H2,1-4H3,(H,19,20,21). The molecule has 3 aromatic rings. The van der Waals surface area contributed by atoms with E-state index in [-0.39, 0.29) is 0 Å². The van der Waals surface area contributed by atoms with Crippen LogP contribution in [0.4, 0.5) is 17.2 Å². The zero-order valence-electron chi connectivity index (χ0n) is 14.1. The summed E-state index contributed by atoms with van der Waals surface area (Å²) in [6.07, 6.45) is 1.63. The second-order valence-corrected chi connectivity index (χ2v) is 6.83. The van der Waals surface area contributed by atoms with Gasteiger partial charge >= 0.3 is 0 Å². The van der Waals surface area contributed by atoms with Crippen molar-refractivity contribution in [3.63, 3.8) is 0 Å². The fourth-order valence-corrected chi connectivity index (χ4v) is 3.62. The van der Waals surface area contributed by atoms with Crippen molar-refractivity contribution in [1.82, 2.24) is 9.97 Å².